The first kappa shape index (κ1) is 60.3. The molecule has 13 nitrogen and oxygen atoms in total. The molecule has 2 amide bonds. The van der Waals surface area contributed by atoms with E-state index in [0.717, 1.165) is 13.2 Å². The summed E-state index contributed by atoms with van der Waals surface area (Å²) in [6.45, 7) is 35.4. The zero-order valence-electron chi connectivity index (χ0n) is 35.0. The van der Waals surface area contributed by atoms with E-state index in [-0.39, 0.29) is 37.8 Å². The lowest BCUT2D eigenvalue weighted by Gasteiger charge is -2.30. The minimum absolute atomic E-state index is 0. The molecule has 0 aromatic heterocycles. The second-order valence-electron chi connectivity index (χ2n) is 16.3. The van der Waals surface area contributed by atoms with Gasteiger partial charge in [0.2, 0.25) is 0 Å². The third kappa shape index (κ3) is 42.7. The van der Waals surface area contributed by atoms with Crippen molar-refractivity contribution in [1.82, 2.24) is 10.6 Å². The molecule has 3 N–H and O–H groups in total. The fourth-order valence-electron chi connectivity index (χ4n) is 2.62. The number of carbonyl (C=O) groups is 4. The van der Waals surface area contributed by atoms with Crippen molar-refractivity contribution in [1.29, 1.82) is 0 Å². The number of nitrogens with one attached hydrogen (secondary N) is 2. The molecule has 0 aliphatic carbocycles. The highest BCUT2D eigenvalue weighted by atomic mass is 35.5. The molecule has 0 aromatic carbocycles. The molecule has 0 aliphatic heterocycles. The van der Waals surface area contributed by atoms with Crippen molar-refractivity contribution in [2.45, 2.75) is 167 Å². The molecule has 4 atom stereocenters. The van der Waals surface area contributed by atoms with Crippen molar-refractivity contribution in [3.05, 3.63) is 0 Å². The van der Waals surface area contributed by atoms with E-state index in [0.29, 0.717) is 0 Å². The van der Waals surface area contributed by atoms with Gasteiger partial charge in [-0.05, 0) is 60.8 Å². The van der Waals surface area contributed by atoms with Gasteiger partial charge in [-0.2, -0.15) is 0 Å². The first-order valence-electron chi connectivity index (χ1n) is 17.4. The first-order chi connectivity index (χ1) is 23.2. The molecular formula is C37H75Cl3N2O11. The van der Waals surface area contributed by atoms with Crippen LogP contribution in [0.25, 0.3) is 0 Å². The van der Waals surface area contributed by atoms with Crippen molar-refractivity contribution >= 4 is 58.6 Å². The smallest absolute Gasteiger partial charge is 0.444 e. The van der Waals surface area contributed by atoms with Gasteiger partial charge in [-0.3, -0.25) is 0 Å². The third-order valence-electron chi connectivity index (χ3n) is 5.74. The largest absolute Gasteiger partial charge is 0.510 e. The number of aliphatic hydroxyl groups is 1. The van der Waals surface area contributed by atoms with Crippen LogP contribution < -0.4 is 10.6 Å². The topological polar surface area (TPSA) is 168 Å². The van der Waals surface area contributed by atoms with E-state index in [4.69, 9.17) is 58.5 Å². The summed E-state index contributed by atoms with van der Waals surface area (Å²) >= 11 is 16.3. The van der Waals surface area contributed by atoms with Gasteiger partial charge in [0.05, 0.1) is 12.6 Å². The zero-order valence-corrected chi connectivity index (χ0v) is 37.2. The molecule has 0 saturated heterocycles. The van der Waals surface area contributed by atoms with Crippen LogP contribution in [0, 0.1) is 22.7 Å². The maximum atomic E-state index is 11.8. The van der Waals surface area contributed by atoms with Crippen molar-refractivity contribution in [3.63, 3.8) is 0 Å². The zero-order chi connectivity index (χ0) is 42.3. The average molecular weight is 830 g/mol. The quantitative estimate of drug-likeness (QED) is 0.0784. The second-order valence-corrected chi connectivity index (χ2v) is 17.5. The summed E-state index contributed by atoms with van der Waals surface area (Å²) in [7, 11) is 0. The molecule has 53 heavy (non-hydrogen) atoms. The van der Waals surface area contributed by atoms with Gasteiger partial charge in [-0.25, -0.2) is 19.2 Å². The first-order valence-corrected chi connectivity index (χ1v) is 18.7. The Morgan fingerprint density at radius 3 is 1.23 bits per heavy atom. The highest BCUT2D eigenvalue weighted by Gasteiger charge is 2.31. The van der Waals surface area contributed by atoms with E-state index in [2.05, 4.69) is 15.4 Å². The summed E-state index contributed by atoms with van der Waals surface area (Å²) in [5.41, 5.74) is -3.97. The molecule has 0 fully saturated rings. The van der Waals surface area contributed by atoms with E-state index in [1.165, 1.54) is 0 Å². The van der Waals surface area contributed by atoms with Crippen LogP contribution >= 0.6 is 34.8 Å². The van der Waals surface area contributed by atoms with Crippen LogP contribution in [0.15, 0.2) is 0 Å². The van der Waals surface area contributed by atoms with Gasteiger partial charge in [-0.15, -0.1) is 0 Å². The maximum Gasteiger partial charge on any atom is 0.510 e. The number of carbonyl (C=O) groups excluding carboxylic acids is 4. The number of amides is 2. The Labute approximate surface area is 336 Å². The van der Waals surface area contributed by atoms with Crippen LogP contribution in [0.1, 0.15) is 132 Å². The minimum atomic E-state index is -0.858. The van der Waals surface area contributed by atoms with Gasteiger partial charge in [0.15, 0.2) is 11.1 Å². The van der Waals surface area contributed by atoms with E-state index in [1.807, 2.05) is 83.1 Å². The molecular weight excluding hydrogens is 755 g/mol. The van der Waals surface area contributed by atoms with E-state index in [9.17, 15) is 24.3 Å². The monoisotopic (exact) mass is 828 g/mol. The van der Waals surface area contributed by atoms with Crippen LogP contribution in [0.4, 0.5) is 19.2 Å². The Hall–Kier alpha value is -1.93. The highest BCUT2D eigenvalue weighted by molar-refractivity contribution is 6.61. The Kier molecular flexibility index (Phi) is 33.4. The molecule has 0 radical (unpaired) electrons. The van der Waals surface area contributed by atoms with Crippen LogP contribution in [0.2, 0.25) is 0 Å². The van der Waals surface area contributed by atoms with Crippen LogP contribution in [-0.4, -0.2) is 89.7 Å². The van der Waals surface area contributed by atoms with Gasteiger partial charge < -0.3 is 44.2 Å². The van der Waals surface area contributed by atoms with Crippen LogP contribution in [-0.2, 0) is 28.4 Å². The van der Waals surface area contributed by atoms with E-state index in [1.54, 1.807) is 41.5 Å². The van der Waals surface area contributed by atoms with E-state index >= 15 is 0 Å². The SMILES string of the molecule is C.CC(C)(C)OC(=O)NCC(O)C(C)(C)C.CC(C)C(Cl)OC(=O)Cl.CC(C)C(Cl)OC(=O)OC(CNC(=O)OC(C)(C)C)C(C)(C)C.CCOCC. The molecule has 0 saturated carbocycles. The van der Waals surface area contributed by atoms with Crippen molar-refractivity contribution in [2.24, 2.45) is 22.7 Å². The number of alkyl carbamates (subject to hydrolysis) is 2. The predicted molar refractivity (Wildman–Crippen MR) is 215 cm³/mol. The lowest BCUT2D eigenvalue weighted by atomic mass is 9.89. The Morgan fingerprint density at radius 1 is 0.623 bits per heavy atom. The lowest BCUT2D eigenvalue weighted by molar-refractivity contribution is -0.0277. The number of halogens is 3. The fourth-order valence-corrected chi connectivity index (χ4v) is 2.91. The third-order valence-corrected chi connectivity index (χ3v) is 7.02. The summed E-state index contributed by atoms with van der Waals surface area (Å²) in [6.07, 6.45) is -3.08. The molecule has 16 heteroatoms. The van der Waals surface area contributed by atoms with Gasteiger partial charge in [-0.1, -0.05) is 99.9 Å². The standard InChI is InChI=1S/C16H30ClNO5.C11H23NO3.C5H8Cl2O2.C4H10O.CH4/c1-10(2)12(17)22-14(20)21-11(15(3,4)5)9-18-13(19)23-16(6,7)8;1-10(2,3)8(13)7-12-9(14)15-11(4,5)6;1-3(2)4(6)9-5(7)8;1-3-5-4-2;/h10-12H,9H2,1-8H3,(H,18,19);8,13H,7H2,1-6H3,(H,12,14);3-4H,1-2H3;3-4H2,1-2H3;1H4. The van der Waals surface area contributed by atoms with Gasteiger partial charge in [0.1, 0.15) is 17.3 Å². The summed E-state index contributed by atoms with van der Waals surface area (Å²) in [4.78, 5) is 44.8. The Morgan fingerprint density at radius 2 is 0.981 bits per heavy atom. The van der Waals surface area contributed by atoms with Gasteiger partial charge in [0.25, 0.3) is 0 Å². The Balaban J connectivity index is -0.000000219. The number of aliphatic hydroxyl groups excluding tert-OH is 1. The van der Waals surface area contributed by atoms with Crippen LogP contribution in [0.3, 0.4) is 0 Å². The number of ether oxygens (including phenoxy) is 6. The number of alkyl halides is 2. The Bertz CT molecular complexity index is 987. The van der Waals surface area contributed by atoms with Crippen molar-refractivity contribution < 1.29 is 52.7 Å². The van der Waals surface area contributed by atoms with Crippen molar-refractivity contribution in [2.75, 3.05) is 26.3 Å². The molecule has 4 unspecified atom stereocenters. The molecule has 320 valence electrons. The summed E-state index contributed by atoms with van der Waals surface area (Å²) < 4.78 is 29.7. The number of hydrogen-bond acceptors (Lipinski definition) is 11. The molecule has 0 heterocycles. The molecule has 0 aromatic rings. The minimum Gasteiger partial charge on any atom is -0.444 e. The van der Waals surface area contributed by atoms with Crippen LogP contribution in [0.5, 0.6) is 0 Å². The fraction of sp³-hybridized carbons (Fsp3) is 0.892. The number of rotatable bonds is 11. The molecule has 0 spiro atoms. The average Bonchev–Trinajstić information content (AvgIpc) is 2.92. The lowest BCUT2D eigenvalue weighted by Crippen LogP contribution is -2.44. The maximum absolute atomic E-state index is 11.8. The second kappa shape index (κ2) is 29.4. The number of hydrogen-bond donors (Lipinski definition) is 3. The normalized spacial score (nSPS) is 13.7. The summed E-state index contributed by atoms with van der Waals surface area (Å²) in [5.74, 6) is 0.0616. The summed E-state index contributed by atoms with van der Waals surface area (Å²) in [5, 5.41) is 14.8. The molecule has 0 rings (SSSR count). The predicted octanol–water partition coefficient (Wildman–Crippen LogP) is 10.5. The summed E-state index contributed by atoms with van der Waals surface area (Å²) in [6, 6.07) is 0. The molecule has 0 aliphatic rings. The van der Waals surface area contributed by atoms with E-state index < -0.39 is 63.7 Å². The van der Waals surface area contributed by atoms with Gasteiger partial charge in [0, 0.05) is 48.6 Å². The van der Waals surface area contributed by atoms with Gasteiger partial charge >= 0.3 is 23.8 Å². The molecule has 0 bridgehead atoms. The highest BCUT2D eigenvalue weighted by Crippen LogP contribution is 2.24. The van der Waals surface area contributed by atoms with Crippen molar-refractivity contribution in [3.8, 4) is 0 Å².